The molecule has 5 nitrogen and oxygen atoms in total. The smallest absolute Gasteiger partial charge is 0.183 e. The molecule has 5 heteroatoms. The van der Waals surface area contributed by atoms with Gasteiger partial charge in [-0.05, 0) is 0 Å². The first-order chi connectivity index (χ1) is 5.24. The Hall–Kier alpha value is -0.200. The summed E-state index contributed by atoms with van der Waals surface area (Å²) >= 11 is 0. The van der Waals surface area contributed by atoms with Gasteiger partial charge >= 0.3 is 0 Å². The van der Waals surface area contributed by atoms with E-state index in [-0.39, 0.29) is 12.7 Å². The highest BCUT2D eigenvalue weighted by atomic mass is 16.6. The molecule has 0 radical (unpaired) electrons. The predicted molar refractivity (Wildman–Crippen MR) is 34.8 cm³/mol. The zero-order valence-corrected chi connectivity index (χ0v) is 6.01. The largest absolute Gasteiger partial charge is 0.393 e. The maximum Gasteiger partial charge on any atom is 0.183 e. The molecule has 1 fully saturated rings. The summed E-state index contributed by atoms with van der Waals surface area (Å²) in [6, 6.07) is 0. The minimum Gasteiger partial charge on any atom is -0.393 e. The van der Waals surface area contributed by atoms with Gasteiger partial charge in [0.25, 0.3) is 0 Å². The van der Waals surface area contributed by atoms with Gasteiger partial charge in [0.15, 0.2) is 6.29 Å². The molecule has 3 unspecified atom stereocenters. The SMILES string of the molecule is OCC(O)C(O)OCC1CO1. The molecule has 11 heavy (non-hydrogen) atoms. The van der Waals surface area contributed by atoms with Crippen LogP contribution in [0.2, 0.25) is 0 Å². The van der Waals surface area contributed by atoms with Crippen LogP contribution in [0.4, 0.5) is 0 Å². The summed E-state index contributed by atoms with van der Waals surface area (Å²) in [6.45, 7) is 0.396. The van der Waals surface area contributed by atoms with Gasteiger partial charge in [-0.15, -0.1) is 0 Å². The van der Waals surface area contributed by atoms with Crippen molar-refractivity contribution in [3.05, 3.63) is 0 Å². The van der Waals surface area contributed by atoms with Crippen molar-refractivity contribution in [1.82, 2.24) is 0 Å². The second kappa shape index (κ2) is 3.99. The van der Waals surface area contributed by atoms with Crippen LogP contribution in [-0.4, -0.2) is 53.6 Å². The summed E-state index contributed by atoms with van der Waals surface area (Å²) in [4.78, 5) is 0. The van der Waals surface area contributed by atoms with Crippen molar-refractivity contribution in [2.45, 2.75) is 18.5 Å². The van der Waals surface area contributed by atoms with Gasteiger partial charge in [0.05, 0.1) is 19.8 Å². The molecule has 0 aliphatic carbocycles. The molecule has 1 saturated heterocycles. The maximum absolute atomic E-state index is 8.91. The minimum atomic E-state index is -1.32. The Morgan fingerprint density at radius 3 is 2.64 bits per heavy atom. The molecule has 0 amide bonds. The molecule has 0 spiro atoms. The Morgan fingerprint density at radius 1 is 1.55 bits per heavy atom. The van der Waals surface area contributed by atoms with Crippen LogP contribution in [0.15, 0.2) is 0 Å². The van der Waals surface area contributed by atoms with E-state index in [1.807, 2.05) is 0 Å². The van der Waals surface area contributed by atoms with Gasteiger partial charge in [-0.1, -0.05) is 0 Å². The van der Waals surface area contributed by atoms with Crippen LogP contribution in [0.3, 0.4) is 0 Å². The first-order valence-corrected chi connectivity index (χ1v) is 3.44. The lowest BCUT2D eigenvalue weighted by Gasteiger charge is -2.14. The Morgan fingerprint density at radius 2 is 2.18 bits per heavy atom. The highest BCUT2D eigenvalue weighted by Gasteiger charge is 2.25. The van der Waals surface area contributed by atoms with E-state index in [1.54, 1.807) is 0 Å². The number of epoxide rings is 1. The summed E-state index contributed by atoms with van der Waals surface area (Å²) in [7, 11) is 0. The van der Waals surface area contributed by atoms with Crippen LogP contribution in [0, 0.1) is 0 Å². The van der Waals surface area contributed by atoms with Crippen molar-refractivity contribution < 1.29 is 24.8 Å². The quantitative estimate of drug-likeness (QED) is 0.326. The summed E-state index contributed by atoms with van der Waals surface area (Å²) in [6.07, 6.45) is -2.49. The van der Waals surface area contributed by atoms with Gasteiger partial charge in [0.1, 0.15) is 12.2 Å². The van der Waals surface area contributed by atoms with Crippen LogP contribution < -0.4 is 0 Å². The number of hydrogen-bond donors (Lipinski definition) is 3. The predicted octanol–water partition coefficient (Wildman–Crippen LogP) is -1.93. The number of ether oxygens (including phenoxy) is 2. The third-order valence-corrected chi connectivity index (χ3v) is 1.37. The van der Waals surface area contributed by atoms with Crippen molar-refractivity contribution in [3.8, 4) is 0 Å². The summed E-state index contributed by atoms with van der Waals surface area (Å²) < 4.78 is 9.53. The van der Waals surface area contributed by atoms with Gasteiger partial charge < -0.3 is 24.8 Å². The molecule has 66 valence electrons. The minimum absolute atomic E-state index is 0.0514. The van der Waals surface area contributed by atoms with Crippen LogP contribution in [0.1, 0.15) is 0 Å². The van der Waals surface area contributed by atoms with E-state index < -0.39 is 19.0 Å². The topological polar surface area (TPSA) is 82.5 Å². The number of rotatable bonds is 5. The van der Waals surface area contributed by atoms with Crippen LogP contribution >= 0.6 is 0 Å². The Labute approximate surface area is 64.2 Å². The van der Waals surface area contributed by atoms with E-state index in [9.17, 15) is 0 Å². The molecule has 3 atom stereocenters. The van der Waals surface area contributed by atoms with E-state index in [2.05, 4.69) is 0 Å². The summed E-state index contributed by atoms with van der Waals surface area (Å²) in [5.74, 6) is 0. The molecule has 3 N–H and O–H groups in total. The van der Waals surface area contributed by atoms with E-state index in [4.69, 9.17) is 24.8 Å². The van der Waals surface area contributed by atoms with Gasteiger partial charge in [0, 0.05) is 0 Å². The Bertz CT molecular complexity index is 114. The molecular weight excluding hydrogens is 152 g/mol. The van der Waals surface area contributed by atoms with Crippen LogP contribution in [0.5, 0.6) is 0 Å². The highest BCUT2D eigenvalue weighted by Crippen LogP contribution is 2.10. The third kappa shape index (κ3) is 3.13. The van der Waals surface area contributed by atoms with Gasteiger partial charge in [0.2, 0.25) is 0 Å². The molecule has 0 aromatic carbocycles. The number of aliphatic hydroxyl groups excluding tert-OH is 3. The van der Waals surface area contributed by atoms with Crippen LogP contribution in [0.25, 0.3) is 0 Å². The monoisotopic (exact) mass is 164 g/mol. The van der Waals surface area contributed by atoms with Gasteiger partial charge in [-0.2, -0.15) is 0 Å². The zero-order valence-electron chi connectivity index (χ0n) is 6.01. The van der Waals surface area contributed by atoms with E-state index in [0.29, 0.717) is 6.61 Å². The molecule has 0 aromatic rings. The summed E-state index contributed by atoms with van der Waals surface area (Å²) in [5, 5.41) is 26.1. The zero-order chi connectivity index (χ0) is 8.27. The second-order valence-electron chi connectivity index (χ2n) is 2.43. The van der Waals surface area contributed by atoms with Gasteiger partial charge in [-0.3, -0.25) is 0 Å². The lowest BCUT2D eigenvalue weighted by Crippen LogP contribution is -2.32. The number of aliphatic hydroxyl groups is 3. The normalized spacial score (nSPS) is 28.1. The fourth-order valence-corrected chi connectivity index (χ4v) is 0.571. The van der Waals surface area contributed by atoms with Gasteiger partial charge in [-0.25, -0.2) is 0 Å². The van der Waals surface area contributed by atoms with Crippen molar-refractivity contribution in [2.24, 2.45) is 0 Å². The molecule has 1 aliphatic heterocycles. The van der Waals surface area contributed by atoms with Crippen molar-refractivity contribution >= 4 is 0 Å². The molecule has 0 aromatic heterocycles. The van der Waals surface area contributed by atoms with Crippen LogP contribution in [-0.2, 0) is 9.47 Å². The molecular formula is C6H12O5. The Balaban J connectivity index is 2.03. The number of hydrogen-bond acceptors (Lipinski definition) is 5. The standard InChI is InChI=1S/C6H12O5/c7-1-5(8)6(9)11-3-4-2-10-4/h4-9H,1-3H2. The fourth-order valence-electron chi connectivity index (χ4n) is 0.571. The molecule has 0 saturated carbocycles. The summed E-state index contributed by atoms with van der Waals surface area (Å²) in [5.41, 5.74) is 0. The fraction of sp³-hybridized carbons (Fsp3) is 1.00. The first-order valence-electron chi connectivity index (χ1n) is 3.44. The molecule has 1 heterocycles. The average molecular weight is 164 g/mol. The third-order valence-electron chi connectivity index (χ3n) is 1.37. The lowest BCUT2D eigenvalue weighted by molar-refractivity contribution is -0.172. The Kier molecular flexibility index (Phi) is 3.22. The highest BCUT2D eigenvalue weighted by molar-refractivity contribution is 4.68. The average Bonchev–Trinajstić information content (AvgIpc) is 2.81. The van der Waals surface area contributed by atoms with Crippen molar-refractivity contribution in [2.75, 3.05) is 19.8 Å². The second-order valence-corrected chi connectivity index (χ2v) is 2.43. The molecule has 1 aliphatic rings. The van der Waals surface area contributed by atoms with Crippen molar-refractivity contribution in [1.29, 1.82) is 0 Å². The first kappa shape index (κ1) is 8.89. The maximum atomic E-state index is 8.91. The molecule has 1 rings (SSSR count). The van der Waals surface area contributed by atoms with Crippen molar-refractivity contribution in [3.63, 3.8) is 0 Å². The van der Waals surface area contributed by atoms with E-state index in [0.717, 1.165) is 0 Å². The molecule has 0 bridgehead atoms. The van der Waals surface area contributed by atoms with E-state index >= 15 is 0 Å². The lowest BCUT2D eigenvalue weighted by atomic mass is 10.4. The van der Waals surface area contributed by atoms with E-state index in [1.165, 1.54) is 0 Å².